The van der Waals surface area contributed by atoms with Gasteiger partial charge in [0.05, 0.1) is 23.3 Å². The maximum atomic E-state index is 5.31. The zero-order chi connectivity index (χ0) is 14.1. The van der Waals surface area contributed by atoms with Crippen LogP contribution in [0.5, 0.6) is 0 Å². The summed E-state index contributed by atoms with van der Waals surface area (Å²) in [5, 5.41) is 2.05. The van der Waals surface area contributed by atoms with E-state index >= 15 is 0 Å². The molecule has 0 N–H and O–H groups in total. The van der Waals surface area contributed by atoms with E-state index in [4.69, 9.17) is 9.40 Å². The first kappa shape index (κ1) is 12.7. The van der Waals surface area contributed by atoms with E-state index in [0.29, 0.717) is 0 Å². The van der Waals surface area contributed by atoms with E-state index in [-0.39, 0.29) is 0 Å². The van der Waals surface area contributed by atoms with Crippen LogP contribution in [0.25, 0.3) is 10.7 Å². The molecule has 3 aromatic heterocycles. The maximum absolute atomic E-state index is 5.31. The minimum Gasteiger partial charge on any atom is -0.448 e. The van der Waals surface area contributed by atoms with Crippen molar-refractivity contribution in [3.8, 4) is 10.7 Å². The van der Waals surface area contributed by atoms with Gasteiger partial charge in [0, 0.05) is 31.3 Å². The van der Waals surface area contributed by atoms with Crippen LogP contribution in [0, 0.1) is 0 Å². The second kappa shape index (κ2) is 5.38. The lowest BCUT2D eigenvalue weighted by Gasteiger charge is -2.26. The minimum absolute atomic E-state index is 0.735. The SMILES string of the molecule is c1csc(-c2ncc3c(n2)CCN(Cc2ncco2)C3)c1. The maximum Gasteiger partial charge on any atom is 0.208 e. The first-order chi connectivity index (χ1) is 10.4. The van der Waals surface area contributed by atoms with Crippen molar-refractivity contribution >= 4 is 11.3 Å². The van der Waals surface area contributed by atoms with Gasteiger partial charge in [-0.2, -0.15) is 0 Å². The molecule has 0 bridgehead atoms. The predicted molar refractivity (Wildman–Crippen MR) is 79.7 cm³/mol. The normalized spacial score (nSPS) is 15.0. The van der Waals surface area contributed by atoms with Gasteiger partial charge >= 0.3 is 0 Å². The van der Waals surface area contributed by atoms with E-state index in [9.17, 15) is 0 Å². The van der Waals surface area contributed by atoms with E-state index in [1.54, 1.807) is 23.8 Å². The first-order valence-corrected chi connectivity index (χ1v) is 7.76. The van der Waals surface area contributed by atoms with E-state index in [0.717, 1.165) is 48.3 Å². The number of thiophene rings is 1. The van der Waals surface area contributed by atoms with Crippen LogP contribution in [-0.2, 0) is 19.5 Å². The highest BCUT2D eigenvalue weighted by molar-refractivity contribution is 7.13. The Morgan fingerprint density at radius 2 is 2.33 bits per heavy atom. The van der Waals surface area contributed by atoms with E-state index in [2.05, 4.69) is 26.3 Å². The van der Waals surface area contributed by atoms with Crippen LogP contribution >= 0.6 is 11.3 Å². The molecular formula is C15H14N4OS. The van der Waals surface area contributed by atoms with Crippen molar-refractivity contribution in [3.05, 3.63) is 53.3 Å². The van der Waals surface area contributed by atoms with Gasteiger partial charge in [0.25, 0.3) is 0 Å². The lowest BCUT2D eigenvalue weighted by Crippen LogP contribution is -2.31. The Kier molecular flexibility index (Phi) is 3.25. The number of hydrogen-bond acceptors (Lipinski definition) is 6. The molecule has 0 radical (unpaired) electrons. The van der Waals surface area contributed by atoms with Crippen LogP contribution in [0.2, 0.25) is 0 Å². The zero-order valence-corrected chi connectivity index (χ0v) is 12.2. The third-order valence-electron chi connectivity index (χ3n) is 3.60. The number of aromatic nitrogens is 3. The Labute approximate surface area is 126 Å². The molecule has 4 heterocycles. The average molecular weight is 298 g/mol. The largest absolute Gasteiger partial charge is 0.448 e. The molecule has 21 heavy (non-hydrogen) atoms. The fourth-order valence-corrected chi connectivity index (χ4v) is 3.22. The van der Waals surface area contributed by atoms with E-state index in [1.807, 2.05) is 12.3 Å². The predicted octanol–water partition coefficient (Wildman–Crippen LogP) is 2.75. The standard InChI is InChI=1S/C15H14N4OS/c1-2-13(21-7-1)15-17-8-11-9-19(5-3-12(11)18-15)10-14-16-4-6-20-14/h1-2,4,6-8H,3,5,9-10H2. The fourth-order valence-electron chi connectivity index (χ4n) is 2.56. The third kappa shape index (κ3) is 2.59. The summed E-state index contributed by atoms with van der Waals surface area (Å²) in [4.78, 5) is 16.8. The molecule has 0 aromatic carbocycles. The van der Waals surface area contributed by atoms with Crippen molar-refractivity contribution in [1.29, 1.82) is 0 Å². The summed E-state index contributed by atoms with van der Waals surface area (Å²) in [6.07, 6.45) is 6.20. The molecule has 5 nitrogen and oxygen atoms in total. The summed E-state index contributed by atoms with van der Waals surface area (Å²) in [6.45, 7) is 2.55. The first-order valence-electron chi connectivity index (χ1n) is 6.88. The van der Waals surface area contributed by atoms with Gasteiger partial charge in [-0.15, -0.1) is 11.3 Å². The quantitative estimate of drug-likeness (QED) is 0.744. The molecule has 0 atom stereocenters. The highest BCUT2D eigenvalue weighted by atomic mass is 32.1. The molecular weight excluding hydrogens is 284 g/mol. The molecule has 4 rings (SSSR count). The van der Waals surface area contributed by atoms with Crippen molar-refractivity contribution in [3.63, 3.8) is 0 Å². The van der Waals surface area contributed by atoms with Crippen molar-refractivity contribution in [2.45, 2.75) is 19.5 Å². The summed E-state index contributed by atoms with van der Waals surface area (Å²) in [6, 6.07) is 4.09. The highest BCUT2D eigenvalue weighted by Gasteiger charge is 2.20. The summed E-state index contributed by atoms with van der Waals surface area (Å²) in [5.41, 5.74) is 2.37. The van der Waals surface area contributed by atoms with Gasteiger partial charge in [-0.1, -0.05) is 6.07 Å². The number of hydrogen-bond donors (Lipinski definition) is 0. The number of nitrogens with zero attached hydrogens (tertiary/aromatic N) is 4. The molecule has 6 heteroatoms. The Balaban J connectivity index is 1.54. The Morgan fingerprint density at radius 1 is 1.33 bits per heavy atom. The van der Waals surface area contributed by atoms with Gasteiger partial charge in [-0.05, 0) is 11.4 Å². The van der Waals surface area contributed by atoms with Crippen molar-refractivity contribution in [2.75, 3.05) is 6.54 Å². The highest BCUT2D eigenvalue weighted by Crippen LogP contribution is 2.24. The molecule has 0 saturated carbocycles. The molecule has 0 unspecified atom stereocenters. The average Bonchev–Trinajstić information content (AvgIpc) is 3.20. The molecule has 0 fully saturated rings. The van der Waals surface area contributed by atoms with Crippen LogP contribution in [0.4, 0.5) is 0 Å². The van der Waals surface area contributed by atoms with E-state index in [1.165, 1.54) is 5.56 Å². The topological polar surface area (TPSA) is 55.1 Å². The van der Waals surface area contributed by atoms with Gasteiger partial charge in [0.1, 0.15) is 6.26 Å². The molecule has 1 aliphatic heterocycles. The lowest BCUT2D eigenvalue weighted by molar-refractivity contribution is 0.219. The molecule has 0 saturated heterocycles. The second-order valence-corrected chi connectivity index (χ2v) is 5.98. The summed E-state index contributed by atoms with van der Waals surface area (Å²) >= 11 is 1.67. The monoisotopic (exact) mass is 298 g/mol. The molecule has 106 valence electrons. The van der Waals surface area contributed by atoms with Crippen molar-refractivity contribution < 1.29 is 4.42 Å². The second-order valence-electron chi connectivity index (χ2n) is 5.03. The lowest BCUT2D eigenvalue weighted by atomic mass is 10.1. The number of oxazole rings is 1. The van der Waals surface area contributed by atoms with Crippen LogP contribution in [0.15, 0.2) is 40.6 Å². The van der Waals surface area contributed by atoms with Crippen LogP contribution in [0.1, 0.15) is 17.1 Å². The van der Waals surface area contributed by atoms with Gasteiger partial charge in [-0.25, -0.2) is 15.0 Å². The van der Waals surface area contributed by atoms with Crippen molar-refractivity contribution in [2.24, 2.45) is 0 Å². The van der Waals surface area contributed by atoms with Crippen LogP contribution in [-0.4, -0.2) is 26.4 Å². The molecule has 0 aliphatic carbocycles. The Morgan fingerprint density at radius 3 is 3.14 bits per heavy atom. The number of fused-ring (bicyclic) bond motifs is 1. The van der Waals surface area contributed by atoms with Gasteiger partial charge in [0.2, 0.25) is 5.89 Å². The number of rotatable bonds is 3. The van der Waals surface area contributed by atoms with E-state index < -0.39 is 0 Å². The fraction of sp³-hybridized carbons (Fsp3) is 0.267. The Hall–Kier alpha value is -2.05. The smallest absolute Gasteiger partial charge is 0.208 e. The zero-order valence-electron chi connectivity index (χ0n) is 11.4. The molecule has 0 amide bonds. The Bertz CT molecular complexity index is 724. The summed E-state index contributed by atoms with van der Waals surface area (Å²) < 4.78 is 5.31. The molecule has 1 aliphatic rings. The van der Waals surface area contributed by atoms with Gasteiger partial charge < -0.3 is 4.42 Å². The van der Waals surface area contributed by atoms with Crippen LogP contribution < -0.4 is 0 Å². The molecule has 3 aromatic rings. The minimum atomic E-state index is 0.735. The summed E-state index contributed by atoms with van der Waals surface area (Å²) in [7, 11) is 0. The van der Waals surface area contributed by atoms with Gasteiger partial charge in [-0.3, -0.25) is 4.90 Å². The van der Waals surface area contributed by atoms with Gasteiger partial charge in [0.15, 0.2) is 5.82 Å². The summed E-state index contributed by atoms with van der Waals surface area (Å²) in [5.74, 6) is 1.60. The third-order valence-corrected chi connectivity index (χ3v) is 4.46. The van der Waals surface area contributed by atoms with Crippen molar-refractivity contribution in [1.82, 2.24) is 19.9 Å². The van der Waals surface area contributed by atoms with Crippen LogP contribution in [0.3, 0.4) is 0 Å². The molecule has 0 spiro atoms.